The van der Waals surface area contributed by atoms with Crippen LogP contribution in [0, 0.1) is 0 Å². The molecule has 0 heterocycles. The maximum absolute atomic E-state index is 12.1. The van der Waals surface area contributed by atoms with Crippen molar-refractivity contribution in [3.8, 4) is 0 Å². The number of carboxylic acids is 1. The molecule has 0 saturated heterocycles. The van der Waals surface area contributed by atoms with E-state index in [4.69, 9.17) is 0 Å². The van der Waals surface area contributed by atoms with Crippen LogP contribution in [0.25, 0.3) is 0 Å². The van der Waals surface area contributed by atoms with Gasteiger partial charge < -0.3 is 5.11 Å². The fourth-order valence-electron chi connectivity index (χ4n) is 1.89. The van der Waals surface area contributed by atoms with Crippen LogP contribution in [0.15, 0.2) is 0 Å². The van der Waals surface area contributed by atoms with E-state index in [9.17, 15) is 9.90 Å². The molecule has 222 valence electrons. The van der Waals surface area contributed by atoms with Crippen LogP contribution >= 0.6 is 366 Å². The molecule has 0 aliphatic carbocycles. The molecule has 0 atom stereocenters. The van der Waals surface area contributed by atoms with Gasteiger partial charge >= 0.3 is 5.97 Å². The van der Waals surface area contributed by atoms with Crippen molar-refractivity contribution in [3.63, 3.8) is 0 Å². The first kappa shape index (κ1) is 47.5. The molecule has 37 heavy (non-hydrogen) atoms. The summed E-state index contributed by atoms with van der Waals surface area (Å²) in [5.41, 5.74) is 0. The van der Waals surface area contributed by atoms with Crippen LogP contribution in [0.3, 0.4) is 0 Å². The summed E-state index contributed by atoms with van der Waals surface area (Å²) >= 11 is 84.7. The Balaban J connectivity index is 7.25. The second-order valence-corrected chi connectivity index (χ2v) is 47.7. The van der Waals surface area contributed by atoms with E-state index < -0.39 is 40.4 Å². The lowest BCUT2D eigenvalue weighted by Crippen LogP contribution is -2.71. The van der Waals surface area contributed by atoms with E-state index in [0.29, 0.717) is 0 Å². The molecule has 0 bridgehead atoms. The van der Waals surface area contributed by atoms with Crippen molar-refractivity contribution < 1.29 is 9.90 Å². The number of rotatable bonds is 10. The van der Waals surface area contributed by atoms with Gasteiger partial charge in [-0.3, -0.25) is 0 Å². The summed E-state index contributed by atoms with van der Waals surface area (Å²) in [6.07, 6.45) is 0. The quantitative estimate of drug-likeness (QED) is 0.221. The second kappa shape index (κ2) is 15.2. The lowest BCUT2D eigenvalue weighted by Gasteiger charge is -2.60. The molecule has 2 nitrogen and oxygen atoms in total. The van der Waals surface area contributed by atoms with E-state index in [0.717, 1.165) is 0 Å². The summed E-state index contributed by atoms with van der Waals surface area (Å²) in [6, 6.07) is 0. The van der Waals surface area contributed by atoms with Gasteiger partial charge in [0.25, 0.3) is 0 Å². The second-order valence-electron chi connectivity index (χ2n) is 6.55. The van der Waals surface area contributed by atoms with Gasteiger partial charge in [-0.25, -0.2) is 4.79 Å². The SMILES string of the molecule is O=C(O)C(Br)(Br)C(Br)(Br)C(Br)(Br)C(Br)(Br)C(Br)(Br)C(Br)(Br)C(Br)(Br)C(Br)(Br)C(Br)(Br)C(Br)(Br)C(Br)(Br)Br. The van der Waals surface area contributed by atoms with E-state index in [2.05, 4.69) is 366 Å². The molecule has 0 radical (unpaired) electrons. The van der Waals surface area contributed by atoms with Gasteiger partial charge in [0, 0.05) is 0 Å². The summed E-state index contributed by atoms with van der Waals surface area (Å²) in [4.78, 5) is 12.1. The summed E-state index contributed by atoms with van der Waals surface area (Å²) in [5, 5.41) is 9.91. The number of aliphatic carboxylic acids is 1. The first-order valence-electron chi connectivity index (χ1n) is 7.52. The van der Waals surface area contributed by atoms with E-state index in [-0.39, 0.29) is 0 Å². The Hall–Kier alpha value is 10.5. The van der Waals surface area contributed by atoms with Crippen molar-refractivity contribution >= 4 is 372 Å². The Kier molecular flexibility index (Phi) is 19.6. The third kappa shape index (κ3) is 8.12. The smallest absolute Gasteiger partial charge is 0.333 e. The minimum atomic E-state index is -1.73. The van der Waals surface area contributed by atoms with Crippen molar-refractivity contribution in [1.82, 2.24) is 0 Å². The van der Waals surface area contributed by atoms with Crippen LogP contribution in [-0.2, 0) is 4.79 Å². The van der Waals surface area contributed by atoms with Gasteiger partial charge in [0.1, 0.15) is 29.1 Å². The highest BCUT2D eigenvalue weighted by Crippen LogP contribution is 2.80. The van der Waals surface area contributed by atoms with Crippen molar-refractivity contribution in [2.75, 3.05) is 0 Å². The van der Waals surface area contributed by atoms with Crippen LogP contribution in [-0.4, -0.2) is 45.6 Å². The maximum Gasteiger partial charge on any atom is 0.333 e. The number of alkyl halides is 23. The molecular formula is C12HBr23O2. The highest BCUT2D eigenvalue weighted by Gasteiger charge is 2.81. The number of carbonyl (C=O) groups is 1. The molecule has 0 unspecified atom stereocenters. The van der Waals surface area contributed by atoms with Gasteiger partial charge in [-0.1, -0.05) is 366 Å². The molecule has 0 aliphatic rings. The fourth-order valence-corrected chi connectivity index (χ4v) is 23.3. The highest BCUT2D eigenvalue weighted by molar-refractivity contribution is 9.42. The first-order valence-corrected chi connectivity index (χ1v) is 25.8. The minimum absolute atomic E-state index is 0.885. The molecule has 0 aromatic carbocycles. The highest BCUT2D eigenvalue weighted by atomic mass is 80.0. The lowest BCUT2D eigenvalue weighted by molar-refractivity contribution is -0.137. The molecule has 0 rings (SSSR count). The van der Waals surface area contributed by atoms with Gasteiger partial charge in [0.2, 0.25) is 3.23 Å². The molecule has 0 saturated carbocycles. The third-order valence-corrected chi connectivity index (χ3v) is 51.6. The van der Waals surface area contributed by atoms with Crippen molar-refractivity contribution in [3.05, 3.63) is 0 Å². The molecule has 0 spiro atoms. The maximum atomic E-state index is 12.1. The fraction of sp³-hybridized carbons (Fsp3) is 0.917. The molecular weight excluding hydrogens is 2010 g/mol. The van der Waals surface area contributed by atoms with Crippen molar-refractivity contribution in [2.45, 2.75) is 34.5 Å². The molecule has 0 fully saturated rings. The Morgan fingerprint density at radius 1 is 0.324 bits per heavy atom. The molecule has 0 aromatic heterocycles. The predicted molar refractivity (Wildman–Crippen MR) is 243 cm³/mol. The Morgan fingerprint density at radius 2 is 0.486 bits per heavy atom. The number of hydrogen-bond donors (Lipinski definition) is 1. The third-order valence-electron chi connectivity index (χ3n) is 4.17. The Bertz CT molecular complexity index is 879. The van der Waals surface area contributed by atoms with E-state index in [1.807, 2.05) is 0 Å². The summed E-state index contributed by atoms with van der Waals surface area (Å²) in [5.74, 6) is -1.22. The summed E-state index contributed by atoms with van der Waals surface area (Å²) in [6.45, 7) is 0. The zero-order valence-corrected chi connectivity index (χ0v) is 52.0. The molecule has 0 aliphatic heterocycles. The first-order chi connectivity index (χ1) is 15.4. The topological polar surface area (TPSA) is 37.3 Å². The van der Waals surface area contributed by atoms with Gasteiger partial charge in [0.15, 0.2) is 2.14 Å². The average Bonchev–Trinajstić information content (AvgIpc) is 2.65. The standard InChI is InChI=1S/C12HBr23O2/c13-2(14,1(36)37)3(15,16)4(17,18)5(19,20)6(21,22)7(23,24)8(25,26)9(27,28)10(29,30)11(31,32)12(33,34)35/h(H,36,37). The van der Waals surface area contributed by atoms with Gasteiger partial charge in [0.05, 0.1) is 0 Å². The summed E-state index contributed by atoms with van der Waals surface area (Å²) in [7, 11) is 0. The predicted octanol–water partition coefficient (Wildman–Crippen LogP) is 16.8. The van der Waals surface area contributed by atoms with Crippen LogP contribution < -0.4 is 0 Å². The van der Waals surface area contributed by atoms with Crippen LogP contribution in [0.4, 0.5) is 0 Å². The Morgan fingerprint density at radius 3 is 0.649 bits per heavy atom. The molecule has 0 aromatic rings. The van der Waals surface area contributed by atoms with E-state index in [1.54, 1.807) is 0 Å². The molecule has 25 heteroatoms. The van der Waals surface area contributed by atoms with Crippen LogP contribution in [0.1, 0.15) is 0 Å². The lowest BCUT2D eigenvalue weighted by atomic mass is 10.0. The average molecular weight is 2010 g/mol. The van der Waals surface area contributed by atoms with E-state index >= 15 is 0 Å². The van der Waals surface area contributed by atoms with Gasteiger partial charge in [-0.05, 0) is 0 Å². The van der Waals surface area contributed by atoms with E-state index in [1.165, 1.54) is 0 Å². The summed E-state index contributed by atoms with van der Waals surface area (Å²) < 4.78 is -13.9. The van der Waals surface area contributed by atoms with Crippen LogP contribution in [0.2, 0.25) is 0 Å². The van der Waals surface area contributed by atoms with Crippen LogP contribution in [0.5, 0.6) is 0 Å². The zero-order chi connectivity index (χ0) is 31.1. The van der Waals surface area contributed by atoms with Crippen molar-refractivity contribution in [1.29, 1.82) is 0 Å². The number of hydrogen-bond acceptors (Lipinski definition) is 1. The van der Waals surface area contributed by atoms with Gasteiger partial charge in [-0.2, -0.15) is 0 Å². The zero-order valence-electron chi connectivity index (χ0n) is 15.5. The van der Waals surface area contributed by atoms with Crippen molar-refractivity contribution in [2.24, 2.45) is 0 Å². The Labute approximate surface area is 407 Å². The normalized spacial score (nSPS) is 16.7. The molecule has 1 N–H and O–H groups in total. The number of carboxylic acid groups (broad SMARTS) is 1. The van der Waals surface area contributed by atoms with Gasteiger partial charge in [-0.15, -0.1) is 0 Å². The largest absolute Gasteiger partial charge is 0.480 e. The minimum Gasteiger partial charge on any atom is -0.480 e. The molecule has 0 amide bonds. The number of halogens is 23. The monoisotopic (exact) mass is 1990 g/mol.